The van der Waals surface area contributed by atoms with E-state index in [0.29, 0.717) is 29.6 Å². The van der Waals surface area contributed by atoms with Gasteiger partial charge in [-0.1, -0.05) is 40.0 Å². The smallest absolute Gasteiger partial charge is 0.0731 e. The molecule has 21 heavy (non-hydrogen) atoms. The third kappa shape index (κ3) is 3.16. The van der Waals surface area contributed by atoms with Gasteiger partial charge in [0.25, 0.3) is 0 Å². The number of nitrogens with zero attached hydrogens (tertiary/aromatic N) is 1. The Morgan fingerprint density at radius 2 is 1.86 bits per heavy atom. The minimum absolute atomic E-state index is 0.418. The van der Waals surface area contributed by atoms with E-state index in [1.807, 2.05) is 0 Å². The third-order valence-corrected chi connectivity index (χ3v) is 6.17. The van der Waals surface area contributed by atoms with Gasteiger partial charge in [-0.2, -0.15) is 0 Å². The Balaban J connectivity index is 1.78. The van der Waals surface area contributed by atoms with Crippen LogP contribution in [0.4, 0.5) is 0 Å². The molecule has 0 aromatic heterocycles. The fourth-order valence-electron chi connectivity index (χ4n) is 5.14. The molecule has 0 radical (unpaired) electrons. The van der Waals surface area contributed by atoms with Gasteiger partial charge in [-0.3, -0.25) is 4.90 Å². The van der Waals surface area contributed by atoms with Gasteiger partial charge in [0.05, 0.1) is 12.7 Å². The van der Waals surface area contributed by atoms with Gasteiger partial charge < -0.3 is 10.1 Å². The maximum atomic E-state index is 6.09. The SMILES string of the molecule is CCNC1C(N2CCOC3CCCCC32)CCCC1(C)C. The molecule has 0 aromatic carbocycles. The van der Waals surface area contributed by atoms with E-state index in [2.05, 4.69) is 31.0 Å². The topological polar surface area (TPSA) is 24.5 Å². The lowest BCUT2D eigenvalue weighted by molar-refractivity contribution is -0.118. The highest BCUT2D eigenvalue weighted by molar-refractivity contribution is 5.01. The number of hydrogen-bond acceptors (Lipinski definition) is 3. The van der Waals surface area contributed by atoms with E-state index in [1.54, 1.807) is 0 Å². The summed E-state index contributed by atoms with van der Waals surface area (Å²) in [5.41, 5.74) is 0.418. The highest BCUT2D eigenvalue weighted by Gasteiger charge is 2.45. The van der Waals surface area contributed by atoms with Crippen LogP contribution in [0.25, 0.3) is 0 Å². The molecule has 3 fully saturated rings. The zero-order valence-corrected chi connectivity index (χ0v) is 14.2. The summed E-state index contributed by atoms with van der Waals surface area (Å²) in [5.74, 6) is 0. The Bertz CT molecular complexity index is 342. The number of nitrogens with one attached hydrogen (secondary N) is 1. The molecule has 1 saturated heterocycles. The van der Waals surface area contributed by atoms with Crippen LogP contribution in [0, 0.1) is 5.41 Å². The van der Waals surface area contributed by atoms with Crippen molar-refractivity contribution in [2.75, 3.05) is 19.7 Å². The molecule has 0 bridgehead atoms. The van der Waals surface area contributed by atoms with Crippen molar-refractivity contribution in [1.29, 1.82) is 0 Å². The van der Waals surface area contributed by atoms with Crippen molar-refractivity contribution in [3.05, 3.63) is 0 Å². The summed E-state index contributed by atoms with van der Waals surface area (Å²) >= 11 is 0. The third-order valence-electron chi connectivity index (χ3n) is 6.17. The number of likely N-dealkylation sites (N-methyl/N-ethyl adjacent to an activating group) is 1. The van der Waals surface area contributed by atoms with Crippen LogP contribution in [0.3, 0.4) is 0 Å². The van der Waals surface area contributed by atoms with Gasteiger partial charge in [0, 0.05) is 24.7 Å². The number of ether oxygens (including phenoxy) is 1. The Hall–Kier alpha value is -0.120. The predicted octanol–water partition coefficient (Wildman–Crippen LogP) is 3.19. The van der Waals surface area contributed by atoms with Crippen LogP contribution in [0.2, 0.25) is 0 Å². The van der Waals surface area contributed by atoms with Crippen molar-refractivity contribution in [2.45, 2.75) is 89.9 Å². The molecule has 0 amide bonds. The monoisotopic (exact) mass is 294 g/mol. The molecule has 4 atom stereocenters. The Morgan fingerprint density at radius 1 is 1.10 bits per heavy atom. The van der Waals surface area contributed by atoms with E-state index < -0.39 is 0 Å². The molecule has 4 unspecified atom stereocenters. The van der Waals surface area contributed by atoms with Gasteiger partial charge in [-0.25, -0.2) is 0 Å². The van der Waals surface area contributed by atoms with Gasteiger partial charge in [0.1, 0.15) is 0 Å². The second-order valence-corrected chi connectivity index (χ2v) is 7.98. The molecule has 2 aliphatic carbocycles. The molecule has 3 rings (SSSR count). The summed E-state index contributed by atoms with van der Waals surface area (Å²) in [7, 11) is 0. The van der Waals surface area contributed by atoms with Crippen molar-refractivity contribution in [3.8, 4) is 0 Å². The van der Waals surface area contributed by atoms with E-state index >= 15 is 0 Å². The molecule has 1 aliphatic heterocycles. The zero-order chi connectivity index (χ0) is 14.9. The first-order chi connectivity index (χ1) is 10.1. The van der Waals surface area contributed by atoms with Crippen LogP contribution < -0.4 is 5.32 Å². The number of rotatable bonds is 3. The summed E-state index contributed by atoms with van der Waals surface area (Å²) < 4.78 is 6.09. The first-order valence-corrected chi connectivity index (χ1v) is 9.24. The summed E-state index contributed by atoms with van der Waals surface area (Å²) in [6, 6.07) is 2.03. The van der Waals surface area contributed by atoms with Crippen LogP contribution in [-0.4, -0.2) is 48.8 Å². The van der Waals surface area contributed by atoms with Crippen molar-refractivity contribution in [1.82, 2.24) is 10.2 Å². The van der Waals surface area contributed by atoms with Crippen molar-refractivity contribution < 1.29 is 4.74 Å². The van der Waals surface area contributed by atoms with Crippen LogP contribution in [-0.2, 0) is 4.74 Å². The molecule has 122 valence electrons. The first kappa shape index (κ1) is 15.8. The maximum absolute atomic E-state index is 6.09. The molecular weight excluding hydrogens is 260 g/mol. The van der Waals surface area contributed by atoms with Crippen LogP contribution in [0.5, 0.6) is 0 Å². The summed E-state index contributed by atoms with van der Waals surface area (Å²) in [6.07, 6.45) is 10.0. The second kappa shape index (κ2) is 6.55. The summed E-state index contributed by atoms with van der Waals surface area (Å²) in [5, 5.41) is 3.84. The van der Waals surface area contributed by atoms with Gasteiger partial charge >= 0.3 is 0 Å². The van der Waals surface area contributed by atoms with E-state index in [0.717, 1.165) is 19.7 Å². The van der Waals surface area contributed by atoms with Gasteiger partial charge in [0.15, 0.2) is 0 Å². The average molecular weight is 294 g/mol. The number of hydrogen-bond donors (Lipinski definition) is 1. The molecule has 3 aliphatic rings. The Morgan fingerprint density at radius 3 is 2.67 bits per heavy atom. The van der Waals surface area contributed by atoms with Crippen LogP contribution in [0.1, 0.15) is 65.7 Å². The highest BCUT2D eigenvalue weighted by Crippen LogP contribution is 2.40. The standard InChI is InChI=1S/C18H34N2O/c1-4-19-17-15(9-7-11-18(17,2)3)20-12-13-21-16-10-6-5-8-14(16)20/h14-17,19H,4-13H2,1-3H3. The summed E-state index contributed by atoms with van der Waals surface area (Å²) in [6.45, 7) is 10.4. The van der Waals surface area contributed by atoms with E-state index in [9.17, 15) is 0 Å². The normalized spacial score (nSPS) is 40.7. The minimum Gasteiger partial charge on any atom is -0.375 e. The van der Waals surface area contributed by atoms with Crippen LogP contribution in [0.15, 0.2) is 0 Å². The second-order valence-electron chi connectivity index (χ2n) is 7.98. The lowest BCUT2D eigenvalue weighted by Gasteiger charge is -2.54. The average Bonchev–Trinajstić information content (AvgIpc) is 2.49. The predicted molar refractivity (Wildman–Crippen MR) is 87.6 cm³/mol. The largest absolute Gasteiger partial charge is 0.375 e. The van der Waals surface area contributed by atoms with Gasteiger partial charge in [-0.15, -0.1) is 0 Å². The molecule has 0 spiro atoms. The lowest BCUT2D eigenvalue weighted by atomic mass is 9.69. The fourth-order valence-corrected chi connectivity index (χ4v) is 5.14. The first-order valence-electron chi connectivity index (χ1n) is 9.24. The fraction of sp³-hybridized carbons (Fsp3) is 1.00. The Kier molecular flexibility index (Phi) is 4.92. The highest BCUT2D eigenvalue weighted by atomic mass is 16.5. The van der Waals surface area contributed by atoms with Gasteiger partial charge in [0.2, 0.25) is 0 Å². The van der Waals surface area contributed by atoms with Crippen LogP contribution >= 0.6 is 0 Å². The molecule has 0 aromatic rings. The zero-order valence-electron chi connectivity index (χ0n) is 14.2. The summed E-state index contributed by atoms with van der Waals surface area (Å²) in [4.78, 5) is 2.85. The van der Waals surface area contributed by atoms with E-state index in [-0.39, 0.29) is 0 Å². The molecule has 3 nitrogen and oxygen atoms in total. The number of morpholine rings is 1. The quantitative estimate of drug-likeness (QED) is 0.865. The maximum Gasteiger partial charge on any atom is 0.0731 e. The molecular formula is C18H34N2O. The number of fused-ring (bicyclic) bond motifs is 1. The lowest BCUT2D eigenvalue weighted by Crippen LogP contribution is -2.65. The van der Waals surface area contributed by atoms with Crippen molar-refractivity contribution in [2.24, 2.45) is 5.41 Å². The molecule has 1 heterocycles. The van der Waals surface area contributed by atoms with E-state index in [1.165, 1.54) is 44.9 Å². The van der Waals surface area contributed by atoms with Crippen molar-refractivity contribution in [3.63, 3.8) is 0 Å². The molecule has 1 N–H and O–H groups in total. The minimum atomic E-state index is 0.418. The Labute approximate surface area is 130 Å². The molecule has 2 saturated carbocycles. The molecule has 3 heteroatoms. The van der Waals surface area contributed by atoms with Crippen molar-refractivity contribution >= 4 is 0 Å². The van der Waals surface area contributed by atoms with E-state index in [4.69, 9.17) is 4.74 Å². The van der Waals surface area contributed by atoms with Gasteiger partial charge in [-0.05, 0) is 37.6 Å².